The maximum absolute atomic E-state index is 15.0. The van der Waals surface area contributed by atoms with E-state index in [1.165, 1.54) is 44.2 Å². The molecule has 2 aromatic carbocycles. The fourth-order valence-corrected chi connectivity index (χ4v) is 10.6. The predicted molar refractivity (Wildman–Crippen MR) is 254 cm³/mol. The van der Waals surface area contributed by atoms with Crippen molar-refractivity contribution in [1.82, 2.24) is 9.88 Å². The second-order valence-electron chi connectivity index (χ2n) is 18.2. The number of aliphatic hydroxyl groups is 2. The maximum atomic E-state index is 15.0. The van der Waals surface area contributed by atoms with Crippen molar-refractivity contribution in [3.63, 3.8) is 0 Å². The van der Waals surface area contributed by atoms with Gasteiger partial charge >= 0.3 is 0 Å². The number of oxime groups is 1. The molecule has 6 rings (SSSR count). The molecule has 2 aliphatic carbocycles. The minimum absolute atomic E-state index is 0.0234. The number of aliphatic hydroxyl groups excluding tert-OH is 2. The Bertz CT molecular complexity index is 2020. The number of rotatable bonds is 28. The highest BCUT2D eigenvalue weighted by molar-refractivity contribution is 6.03. The second-order valence-corrected chi connectivity index (χ2v) is 18.2. The molecule has 3 aliphatic rings. The van der Waals surface area contributed by atoms with Crippen molar-refractivity contribution < 1.29 is 38.4 Å². The van der Waals surface area contributed by atoms with E-state index in [4.69, 9.17) is 24.2 Å². The number of hydrogen-bond acceptors (Lipinski definition) is 9. The Labute approximate surface area is 387 Å². The zero-order chi connectivity index (χ0) is 46.0. The fourth-order valence-electron chi connectivity index (χ4n) is 10.6. The molecule has 354 valence electrons. The lowest BCUT2D eigenvalue weighted by Crippen LogP contribution is -2.70. The lowest BCUT2D eigenvalue weighted by molar-refractivity contribution is -0.258. The van der Waals surface area contributed by atoms with Crippen LogP contribution in [0.5, 0.6) is 11.5 Å². The molecule has 0 saturated heterocycles. The molecule has 11 heteroatoms. The third kappa shape index (κ3) is 12.9. The molecule has 0 radical (unpaired) electrons. The molecule has 6 atom stereocenters. The molecule has 1 fully saturated rings. The molecule has 0 spiro atoms. The molecule has 1 aliphatic heterocycles. The molecular weight excluding hydrogens is 822 g/mol. The summed E-state index contributed by atoms with van der Waals surface area (Å²) in [6.07, 6.45) is 19.6. The van der Waals surface area contributed by atoms with Crippen LogP contribution in [-0.4, -0.2) is 70.5 Å². The molecule has 2 N–H and O–H groups in total. The molecule has 0 bridgehead atoms. The number of fused-ring (bicyclic) bond motifs is 2. The van der Waals surface area contributed by atoms with Crippen molar-refractivity contribution in [3.8, 4) is 11.5 Å². The number of aryl methyl sites for hydroxylation is 1. The van der Waals surface area contributed by atoms with Gasteiger partial charge in [0, 0.05) is 49.8 Å². The lowest BCUT2D eigenvalue weighted by Gasteiger charge is -2.60. The highest BCUT2D eigenvalue weighted by Gasteiger charge is 2.65. The van der Waals surface area contributed by atoms with Crippen molar-refractivity contribution in [2.75, 3.05) is 26.9 Å². The summed E-state index contributed by atoms with van der Waals surface area (Å²) in [7, 11) is 1.56. The van der Waals surface area contributed by atoms with Crippen LogP contribution in [0, 0.1) is 30.5 Å². The summed E-state index contributed by atoms with van der Waals surface area (Å²) in [5, 5.41) is 24.6. The molecule has 1 amide bonds. The van der Waals surface area contributed by atoms with Crippen molar-refractivity contribution in [3.05, 3.63) is 113 Å². The first-order chi connectivity index (χ1) is 31.8. The third-order valence-corrected chi connectivity index (χ3v) is 13.6. The first-order valence-electron chi connectivity index (χ1n) is 24.5. The smallest absolute Gasteiger partial charge is 0.239 e. The third-order valence-electron chi connectivity index (χ3n) is 13.6. The van der Waals surface area contributed by atoms with E-state index in [1.54, 1.807) is 25.3 Å². The molecule has 6 unspecified atom stereocenters. The van der Waals surface area contributed by atoms with Gasteiger partial charge in [-0.2, -0.15) is 0 Å². The summed E-state index contributed by atoms with van der Waals surface area (Å²) >= 11 is 0. The van der Waals surface area contributed by atoms with E-state index in [2.05, 4.69) is 30.6 Å². The van der Waals surface area contributed by atoms with E-state index < -0.39 is 17.7 Å². The maximum Gasteiger partial charge on any atom is 0.239 e. The van der Waals surface area contributed by atoms with E-state index in [0.717, 1.165) is 85.2 Å². The minimum atomic E-state index is -1.39. The van der Waals surface area contributed by atoms with Gasteiger partial charge in [0.2, 0.25) is 11.7 Å². The van der Waals surface area contributed by atoms with E-state index >= 15 is 4.79 Å². The Morgan fingerprint density at radius 2 is 1.68 bits per heavy atom. The zero-order valence-electron chi connectivity index (χ0n) is 39.2. The van der Waals surface area contributed by atoms with Crippen LogP contribution >= 0.6 is 0 Å². The second kappa shape index (κ2) is 25.4. The summed E-state index contributed by atoms with van der Waals surface area (Å²) < 4.78 is 35.4. The number of allylic oxidation sites excluding steroid dienone is 1. The average Bonchev–Trinajstić information content (AvgIpc) is 3.31. The SMILES string of the molecule is C=CCOC12Oc3ccc(OCc4cccc(C)n4)cc3C3C(CCCCO)C(CCCCO)C=C(C(=NOC)CC1N(Cc1ccc(F)cc1)C(=O)CCCCCCCCCCC)C32. The van der Waals surface area contributed by atoms with Crippen molar-refractivity contribution in [2.45, 2.75) is 154 Å². The van der Waals surface area contributed by atoms with Gasteiger partial charge in [-0.05, 0) is 104 Å². The number of hydrogen-bond donors (Lipinski definition) is 2. The Hall–Kier alpha value is -4.58. The largest absolute Gasteiger partial charge is 0.487 e. The van der Waals surface area contributed by atoms with Crippen LogP contribution in [0.3, 0.4) is 0 Å². The highest BCUT2D eigenvalue weighted by Crippen LogP contribution is 2.62. The Morgan fingerprint density at radius 3 is 2.37 bits per heavy atom. The summed E-state index contributed by atoms with van der Waals surface area (Å²) in [6, 6.07) is 17.6. The zero-order valence-corrected chi connectivity index (χ0v) is 39.2. The van der Waals surface area contributed by atoms with Crippen LogP contribution < -0.4 is 9.47 Å². The van der Waals surface area contributed by atoms with Crippen LogP contribution in [0.15, 0.2) is 90.1 Å². The van der Waals surface area contributed by atoms with Gasteiger partial charge in [-0.15, -0.1) is 6.58 Å². The molecule has 3 aromatic rings. The van der Waals surface area contributed by atoms with E-state index in [0.29, 0.717) is 43.8 Å². The minimum Gasteiger partial charge on any atom is -0.487 e. The molecule has 1 aromatic heterocycles. The first-order valence-corrected chi connectivity index (χ1v) is 24.5. The van der Waals surface area contributed by atoms with Crippen LogP contribution in [0.2, 0.25) is 0 Å². The van der Waals surface area contributed by atoms with Crippen molar-refractivity contribution in [1.29, 1.82) is 0 Å². The molecular formula is C54H74FN3O7. The quantitative estimate of drug-likeness (QED) is 0.0420. The standard InChI is InChI=1S/C54H74FN3O7/c1-5-7-8-9-10-11-12-13-14-24-51(61)58(37-40-25-27-42(55)28-26-40)50-36-48(57-62-4)46-34-41(21-15-17-31-59)45(23-16-18-32-60)52-47-35-44(63-38-43-22-19-20-39(3)56-43)29-30-49(47)65-54(50,53(46)52)64-33-6-2/h6,19-20,22,25-30,34-35,41,45,50,52-53,59-60H,2,5,7-18,21,23-24,31-33,36-38H2,1,3-4H3. The number of amides is 1. The van der Waals surface area contributed by atoms with Gasteiger partial charge in [0.25, 0.3) is 0 Å². The Morgan fingerprint density at radius 1 is 0.954 bits per heavy atom. The van der Waals surface area contributed by atoms with Gasteiger partial charge in [-0.1, -0.05) is 107 Å². The molecule has 1 saturated carbocycles. The van der Waals surface area contributed by atoms with Gasteiger partial charge in [0.15, 0.2) is 0 Å². The number of carbonyl (C=O) groups is 1. The van der Waals surface area contributed by atoms with Gasteiger partial charge in [0.05, 0.1) is 23.9 Å². The van der Waals surface area contributed by atoms with E-state index in [-0.39, 0.29) is 55.8 Å². The first kappa shape index (κ1) is 49.8. The highest BCUT2D eigenvalue weighted by atomic mass is 19.1. The number of pyridine rings is 1. The number of carbonyl (C=O) groups excluding carboxylic acids is 1. The number of unbranched alkanes of at least 4 members (excludes halogenated alkanes) is 10. The number of benzene rings is 2. The molecule has 65 heavy (non-hydrogen) atoms. The van der Waals surface area contributed by atoms with Crippen LogP contribution in [0.1, 0.15) is 145 Å². The number of nitrogens with zero attached hydrogens (tertiary/aromatic N) is 3. The van der Waals surface area contributed by atoms with E-state index in [1.807, 2.05) is 42.2 Å². The van der Waals surface area contributed by atoms with Crippen LogP contribution in [0.4, 0.5) is 4.39 Å². The van der Waals surface area contributed by atoms with Crippen molar-refractivity contribution in [2.24, 2.45) is 22.9 Å². The lowest BCUT2D eigenvalue weighted by atomic mass is 9.55. The summed E-state index contributed by atoms with van der Waals surface area (Å²) in [4.78, 5) is 27.2. The fraction of sp³-hybridized carbons (Fsp3) is 0.574. The number of ether oxygens (including phenoxy) is 3. The van der Waals surface area contributed by atoms with Crippen LogP contribution in [-0.2, 0) is 27.5 Å². The molecule has 10 nitrogen and oxygen atoms in total. The number of halogens is 1. The predicted octanol–water partition coefficient (Wildman–Crippen LogP) is 11.3. The van der Waals surface area contributed by atoms with Gasteiger partial charge in [-0.25, -0.2) is 4.39 Å². The van der Waals surface area contributed by atoms with Crippen LogP contribution in [0.25, 0.3) is 0 Å². The monoisotopic (exact) mass is 896 g/mol. The van der Waals surface area contributed by atoms with Gasteiger partial charge in [-0.3, -0.25) is 9.78 Å². The number of aromatic nitrogens is 1. The topological polar surface area (TPSA) is 123 Å². The normalized spacial score (nSPS) is 22.6. The Kier molecular flexibility index (Phi) is 19.4. The summed E-state index contributed by atoms with van der Waals surface area (Å²) in [6.45, 7) is 9.16. The van der Waals surface area contributed by atoms with Crippen molar-refractivity contribution >= 4 is 11.6 Å². The molecule has 2 heterocycles. The summed E-state index contributed by atoms with van der Waals surface area (Å²) in [5.74, 6) is -0.875. The average molecular weight is 896 g/mol. The van der Waals surface area contributed by atoms with E-state index in [9.17, 15) is 14.6 Å². The van der Waals surface area contributed by atoms with Gasteiger partial charge in [0.1, 0.15) is 37.1 Å². The summed E-state index contributed by atoms with van der Waals surface area (Å²) in [5.41, 5.74) is 5.23. The Balaban J connectivity index is 1.47. The van der Waals surface area contributed by atoms with Gasteiger partial charge < -0.3 is 34.2 Å².